The molecule has 0 bridgehead atoms. The number of anilines is 1. The molecule has 0 aliphatic carbocycles. The highest BCUT2D eigenvalue weighted by Crippen LogP contribution is 2.30. The van der Waals surface area contributed by atoms with Gasteiger partial charge < -0.3 is 5.32 Å². The molecule has 1 aliphatic rings. The number of fused-ring (bicyclic) bond motifs is 1. The van der Waals surface area contributed by atoms with Gasteiger partial charge in [0.05, 0.1) is 16.2 Å². The van der Waals surface area contributed by atoms with Crippen molar-refractivity contribution >= 4 is 23.2 Å². The smallest absolute Gasteiger partial charge is 0.276 e. The van der Waals surface area contributed by atoms with Gasteiger partial charge in [-0.3, -0.25) is 14.9 Å². The summed E-state index contributed by atoms with van der Waals surface area (Å²) in [5.74, 6) is -0.154. The Morgan fingerprint density at radius 2 is 1.75 bits per heavy atom. The largest absolute Gasteiger partial charge is 0.352 e. The second-order valence-corrected chi connectivity index (χ2v) is 4.37. The molecule has 98 valence electrons. The van der Waals surface area contributed by atoms with Gasteiger partial charge in [0, 0.05) is 17.3 Å². The standard InChI is InChI=1S/C15H10N2O3/c18-15-11-6-2-3-7-12(11)16-13(15)9-10-5-1-4-8-14(10)17(19)20/h1-9,16H/b13-9+. The maximum absolute atomic E-state index is 12.2. The summed E-state index contributed by atoms with van der Waals surface area (Å²) in [4.78, 5) is 22.7. The van der Waals surface area contributed by atoms with Crippen molar-refractivity contribution in [3.8, 4) is 0 Å². The van der Waals surface area contributed by atoms with Crippen LogP contribution in [0.15, 0.2) is 54.2 Å². The van der Waals surface area contributed by atoms with Crippen LogP contribution in [0.5, 0.6) is 0 Å². The molecular formula is C15H10N2O3. The van der Waals surface area contributed by atoms with Crippen LogP contribution in [-0.4, -0.2) is 10.7 Å². The number of hydrogen-bond donors (Lipinski definition) is 1. The number of Topliss-reactive ketones (excluding diaryl/α,β-unsaturated/α-hetero) is 1. The normalized spacial score (nSPS) is 15.0. The molecule has 0 spiro atoms. The molecule has 3 rings (SSSR count). The van der Waals surface area contributed by atoms with Crippen LogP contribution in [0.1, 0.15) is 15.9 Å². The van der Waals surface area contributed by atoms with E-state index in [4.69, 9.17) is 0 Å². The van der Waals surface area contributed by atoms with Crippen LogP contribution in [0.2, 0.25) is 0 Å². The van der Waals surface area contributed by atoms with Gasteiger partial charge in [-0.25, -0.2) is 0 Å². The first kappa shape index (κ1) is 12.1. The van der Waals surface area contributed by atoms with Gasteiger partial charge in [-0.2, -0.15) is 0 Å². The lowest BCUT2D eigenvalue weighted by atomic mass is 10.1. The maximum Gasteiger partial charge on any atom is 0.276 e. The number of hydrogen-bond acceptors (Lipinski definition) is 4. The molecule has 0 saturated carbocycles. The summed E-state index contributed by atoms with van der Waals surface area (Å²) >= 11 is 0. The quantitative estimate of drug-likeness (QED) is 0.514. The van der Waals surface area contributed by atoms with Gasteiger partial charge in [-0.1, -0.05) is 24.3 Å². The van der Waals surface area contributed by atoms with Crippen molar-refractivity contribution in [2.75, 3.05) is 5.32 Å². The summed E-state index contributed by atoms with van der Waals surface area (Å²) in [6.07, 6.45) is 1.51. The van der Waals surface area contributed by atoms with Crippen molar-refractivity contribution in [3.63, 3.8) is 0 Å². The third-order valence-corrected chi connectivity index (χ3v) is 3.12. The molecule has 0 fully saturated rings. The van der Waals surface area contributed by atoms with Crippen molar-refractivity contribution in [2.45, 2.75) is 0 Å². The molecule has 1 heterocycles. The Labute approximate surface area is 114 Å². The Hall–Kier alpha value is -2.95. The first-order valence-electron chi connectivity index (χ1n) is 6.02. The molecule has 0 radical (unpaired) electrons. The lowest BCUT2D eigenvalue weighted by Gasteiger charge is -2.00. The van der Waals surface area contributed by atoms with Crippen molar-refractivity contribution in [1.82, 2.24) is 0 Å². The Balaban J connectivity index is 2.04. The number of carbonyl (C=O) groups excluding carboxylic acids is 1. The Morgan fingerprint density at radius 1 is 1.05 bits per heavy atom. The number of benzene rings is 2. The Bertz CT molecular complexity index is 750. The second kappa shape index (κ2) is 4.62. The fraction of sp³-hybridized carbons (Fsp3) is 0. The number of ketones is 1. The summed E-state index contributed by atoms with van der Waals surface area (Å²) in [5.41, 5.74) is 2.03. The lowest BCUT2D eigenvalue weighted by Crippen LogP contribution is -2.00. The number of nitrogens with one attached hydrogen (secondary N) is 1. The summed E-state index contributed by atoms with van der Waals surface area (Å²) in [5, 5.41) is 14.0. The predicted octanol–water partition coefficient (Wildman–Crippen LogP) is 3.24. The van der Waals surface area contributed by atoms with Crippen LogP contribution >= 0.6 is 0 Å². The van der Waals surface area contributed by atoms with Gasteiger partial charge >= 0.3 is 0 Å². The van der Waals surface area contributed by atoms with Crippen molar-refractivity contribution < 1.29 is 9.72 Å². The summed E-state index contributed by atoms with van der Waals surface area (Å²) in [7, 11) is 0. The first-order valence-corrected chi connectivity index (χ1v) is 6.02. The van der Waals surface area contributed by atoms with E-state index in [0.29, 0.717) is 16.8 Å². The molecule has 20 heavy (non-hydrogen) atoms. The van der Waals surface area contributed by atoms with Gasteiger partial charge in [-0.15, -0.1) is 0 Å². The number of nitrogens with zero attached hydrogens (tertiary/aromatic N) is 1. The first-order chi connectivity index (χ1) is 9.66. The summed E-state index contributed by atoms with van der Waals surface area (Å²) in [6, 6.07) is 13.5. The minimum atomic E-state index is -0.459. The molecule has 1 N–H and O–H groups in total. The lowest BCUT2D eigenvalue weighted by molar-refractivity contribution is -0.385. The highest BCUT2D eigenvalue weighted by atomic mass is 16.6. The minimum absolute atomic E-state index is 0.0226. The van der Waals surface area contributed by atoms with Gasteiger partial charge in [0.25, 0.3) is 5.69 Å². The summed E-state index contributed by atoms with van der Waals surface area (Å²) < 4.78 is 0. The Morgan fingerprint density at radius 3 is 2.50 bits per heavy atom. The van der Waals surface area contributed by atoms with E-state index in [1.807, 2.05) is 6.07 Å². The van der Waals surface area contributed by atoms with E-state index in [9.17, 15) is 14.9 Å². The van der Waals surface area contributed by atoms with E-state index >= 15 is 0 Å². The molecule has 5 nitrogen and oxygen atoms in total. The molecule has 5 heteroatoms. The van der Waals surface area contributed by atoms with Crippen LogP contribution < -0.4 is 5.32 Å². The molecule has 0 amide bonds. The maximum atomic E-state index is 12.2. The van der Waals surface area contributed by atoms with Gasteiger partial charge in [0.1, 0.15) is 0 Å². The zero-order valence-corrected chi connectivity index (χ0v) is 10.4. The van der Waals surface area contributed by atoms with Gasteiger partial charge in [-0.05, 0) is 24.3 Å². The molecule has 0 saturated heterocycles. The molecule has 2 aromatic carbocycles. The predicted molar refractivity (Wildman–Crippen MR) is 75.5 cm³/mol. The SMILES string of the molecule is O=C1/C(=C\c2ccccc2[N+](=O)[O-])Nc2ccccc21. The fourth-order valence-corrected chi connectivity index (χ4v) is 2.17. The number of rotatable bonds is 2. The molecule has 1 aliphatic heterocycles. The highest BCUT2D eigenvalue weighted by Gasteiger charge is 2.24. The van der Waals surface area contributed by atoms with Crippen LogP contribution in [0.3, 0.4) is 0 Å². The van der Waals surface area contributed by atoms with E-state index < -0.39 is 4.92 Å². The minimum Gasteiger partial charge on any atom is -0.352 e. The van der Waals surface area contributed by atoms with E-state index in [1.165, 1.54) is 12.1 Å². The van der Waals surface area contributed by atoms with E-state index in [2.05, 4.69) is 5.32 Å². The van der Waals surface area contributed by atoms with Crippen LogP contribution in [0.4, 0.5) is 11.4 Å². The van der Waals surface area contributed by atoms with Crippen LogP contribution in [0, 0.1) is 10.1 Å². The average molecular weight is 266 g/mol. The zero-order chi connectivity index (χ0) is 14.1. The fourth-order valence-electron chi connectivity index (χ4n) is 2.17. The van der Waals surface area contributed by atoms with Crippen molar-refractivity contribution in [1.29, 1.82) is 0 Å². The van der Waals surface area contributed by atoms with E-state index in [-0.39, 0.29) is 11.5 Å². The summed E-state index contributed by atoms with van der Waals surface area (Å²) in [6.45, 7) is 0. The third-order valence-electron chi connectivity index (χ3n) is 3.12. The molecular weight excluding hydrogens is 256 g/mol. The van der Waals surface area contributed by atoms with Gasteiger partial charge in [0.15, 0.2) is 0 Å². The van der Waals surface area contributed by atoms with E-state index in [0.717, 1.165) is 5.69 Å². The second-order valence-electron chi connectivity index (χ2n) is 4.37. The van der Waals surface area contributed by atoms with Crippen molar-refractivity contribution in [3.05, 3.63) is 75.5 Å². The average Bonchev–Trinajstić information content (AvgIpc) is 2.76. The van der Waals surface area contributed by atoms with Crippen LogP contribution in [0.25, 0.3) is 6.08 Å². The molecule has 0 unspecified atom stereocenters. The van der Waals surface area contributed by atoms with Gasteiger partial charge in [0.2, 0.25) is 5.78 Å². The monoisotopic (exact) mass is 266 g/mol. The number of carbonyl (C=O) groups is 1. The number of nitro groups is 1. The zero-order valence-electron chi connectivity index (χ0n) is 10.4. The highest BCUT2D eigenvalue weighted by molar-refractivity contribution is 6.20. The topological polar surface area (TPSA) is 72.2 Å². The third kappa shape index (κ3) is 1.95. The number of para-hydroxylation sites is 2. The number of nitro benzene ring substituents is 1. The number of allylic oxidation sites excluding steroid dienone is 1. The van der Waals surface area contributed by atoms with Crippen LogP contribution in [-0.2, 0) is 0 Å². The van der Waals surface area contributed by atoms with Crippen molar-refractivity contribution in [2.24, 2.45) is 0 Å². The Kier molecular flexibility index (Phi) is 2.80. The molecule has 2 aromatic rings. The molecule has 0 atom stereocenters. The van der Waals surface area contributed by atoms with E-state index in [1.54, 1.807) is 36.4 Å². The molecule has 0 aromatic heterocycles.